The van der Waals surface area contributed by atoms with Crippen LogP contribution in [0.3, 0.4) is 0 Å². The minimum Gasteiger partial charge on any atom is -0.385 e. The van der Waals surface area contributed by atoms with Crippen molar-refractivity contribution < 1.29 is 46.9 Å². The molecule has 3 fully saturated rings. The Labute approximate surface area is 213 Å². The first kappa shape index (κ1) is 26.6. The van der Waals surface area contributed by atoms with Crippen molar-refractivity contribution in [1.29, 1.82) is 0 Å². The molecule has 3 aliphatic rings. The third-order valence-electron chi connectivity index (χ3n) is 5.98. The number of H-pyrrole nitrogens is 1. The van der Waals surface area contributed by atoms with Gasteiger partial charge in [0.15, 0.2) is 16.9 Å². The van der Waals surface area contributed by atoms with Gasteiger partial charge in [-0.2, -0.15) is 4.98 Å². The molecule has 16 nitrogen and oxygen atoms in total. The molecule has 0 aliphatic carbocycles. The maximum absolute atomic E-state index is 13.2. The van der Waals surface area contributed by atoms with Gasteiger partial charge in [-0.3, -0.25) is 32.4 Å². The largest absolute Gasteiger partial charge is 0.386 e. The van der Waals surface area contributed by atoms with E-state index in [0.29, 0.717) is 0 Å². The minimum absolute atomic E-state index is 0.110. The molecular weight excluding hydrogens is 564 g/mol. The van der Waals surface area contributed by atoms with Gasteiger partial charge in [0, 0.05) is 0 Å². The van der Waals surface area contributed by atoms with Crippen molar-refractivity contribution in [3.05, 3.63) is 16.7 Å². The van der Waals surface area contributed by atoms with Gasteiger partial charge in [0.1, 0.15) is 30.0 Å². The molecule has 0 aromatic carbocycles. The van der Waals surface area contributed by atoms with Crippen LogP contribution < -0.4 is 11.3 Å². The SMILES string of the molecule is C[C@]1(O)CO[C@H]2CO[P@](=O)(S)OC3C(CO[P@](=O)(S)O[C@@H]21)OCC3(O)n1cnc2c(=O)[nH]c(N)nc21. The molecule has 0 amide bonds. The summed E-state index contributed by atoms with van der Waals surface area (Å²) in [7, 11) is 0. The fourth-order valence-corrected chi connectivity index (χ4v) is 7.29. The lowest BCUT2D eigenvalue weighted by Gasteiger charge is -2.34. The predicted molar refractivity (Wildman–Crippen MR) is 128 cm³/mol. The van der Waals surface area contributed by atoms with Gasteiger partial charge in [0.25, 0.3) is 5.56 Å². The van der Waals surface area contributed by atoms with Gasteiger partial charge in [0.2, 0.25) is 5.95 Å². The van der Waals surface area contributed by atoms with E-state index in [1.807, 2.05) is 0 Å². The molecule has 0 saturated carbocycles. The molecule has 5 N–H and O–H groups in total. The van der Waals surface area contributed by atoms with E-state index in [4.69, 9.17) is 33.3 Å². The van der Waals surface area contributed by atoms with Crippen LogP contribution in [0.4, 0.5) is 5.95 Å². The molecule has 5 rings (SSSR count). The number of aliphatic hydroxyl groups is 2. The molecule has 2 aromatic rings. The second kappa shape index (κ2) is 9.03. The molecule has 200 valence electrons. The monoisotopic (exact) mass is 587 g/mol. The zero-order chi connectivity index (χ0) is 26.1. The second-order valence-corrected chi connectivity index (χ2v) is 14.5. The zero-order valence-corrected chi connectivity index (χ0v) is 22.1. The number of nitrogens with one attached hydrogen (secondary N) is 1. The van der Waals surface area contributed by atoms with Gasteiger partial charge < -0.3 is 25.4 Å². The molecule has 5 heterocycles. The van der Waals surface area contributed by atoms with Gasteiger partial charge in [-0.15, -0.1) is 0 Å². The summed E-state index contributed by atoms with van der Waals surface area (Å²) in [5, 5.41) is 22.2. The van der Waals surface area contributed by atoms with Crippen LogP contribution in [0.15, 0.2) is 11.1 Å². The number of fused-ring (bicyclic) bond motifs is 3. The summed E-state index contributed by atoms with van der Waals surface area (Å²) in [6.45, 7) is -8.64. The molecule has 0 radical (unpaired) electrons. The van der Waals surface area contributed by atoms with Gasteiger partial charge in [-0.1, -0.05) is 24.5 Å². The Kier molecular flexibility index (Phi) is 6.67. The molecule has 2 aromatic heterocycles. The molecule has 8 atom stereocenters. The van der Waals surface area contributed by atoms with Crippen LogP contribution in [0.1, 0.15) is 6.92 Å². The van der Waals surface area contributed by atoms with Crippen molar-refractivity contribution in [3.63, 3.8) is 0 Å². The van der Waals surface area contributed by atoms with E-state index in [0.717, 1.165) is 10.9 Å². The number of thiol groups is 2. The Morgan fingerprint density at radius 3 is 2.36 bits per heavy atom. The first-order valence-electron chi connectivity index (χ1n) is 10.4. The summed E-state index contributed by atoms with van der Waals surface area (Å²) in [6, 6.07) is 0. The normalized spacial score (nSPS) is 44.0. The smallest absolute Gasteiger partial charge is 0.385 e. The molecule has 3 aliphatic heterocycles. The molecule has 3 saturated heterocycles. The fourth-order valence-electron chi connectivity index (χ4n) is 4.25. The van der Waals surface area contributed by atoms with Gasteiger partial charge in [-0.25, -0.2) is 14.1 Å². The maximum Gasteiger partial charge on any atom is 0.386 e. The molecular formula is C16H23N5O11P2S2. The van der Waals surface area contributed by atoms with Crippen molar-refractivity contribution >= 4 is 55.2 Å². The number of aromatic amines is 1. The Bertz CT molecular complexity index is 1340. The number of nitrogens with zero attached hydrogens (tertiary/aromatic N) is 3. The number of nitrogens with two attached hydrogens (primary N) is 1. The number of nitrogen functional groups attached to an aromatic ring is 1. The highest BCUT2D eigenvalue weighted by atomic mass is 32.7. The number of hydrogen-bond donors (Lipinski definition) is 6. The van der Waals surface area contributed by atoms with E-state index < -0.39 is 74.7 Å². The van der Waals surface area contributed by atoms with Crippen LogP contribution in [-0.2, 0) is 42.4 Å². The molecule has 0 bridgehead atoms. The van der Waals surface area contributed by atoms with Gasteiger partial charge in [-0.05, 0) is 6.92 Å². The molecule has 20 heteroatoms. The topological polar surface area (TPSA) is 220 Å². The number of rotatable bonds is 1. The van der Waals surface area contributed by atoms with E-state index >= 15 is 0 Å². The minimum atomic E-state index is -4.25. The van der Waals surface area contributed by atoms with Crippen molar-refractivity contribution in [2.45, 2.75) is 42.7 Å². The fraction of sp³-hybridized carbons (Fsp3) is 0.688. The maximum atomic E-state index is 13.2. The quantitative estimate of drug-likeness (QED) is 0.188. The van der Waals surface area contributed by atoms with Crippen LogP contribution in [-0.4, -0.2) is 86.2 Å². The Morgan fingerprint density at radius 2 is 1.69 bits per heavy atom. The van der Waals surface area contributed by atoms with Crippen molar-refractivity contribution in [2.75, 3.05) is 32.2 Å². The lowest BCUT2D eigenvalue weighted by Crippen LogP contribution is -2.48. The lowest BCUT2D eigenvalue weighted by molar-refractivity contribution is -0.103. The first-order valence-corrected chi connectivity index (χ1v) is 15.8. The number of imidazole rings is 1. The first-order chi connectivity index (χ1) is 16.7. The molecule has 36 heavy (non-hydrogen) atoms. The van der Waals surface area contributed by atoms with Crippen molar-refractivity contribution in [2.24, 2.45) is 0 Å². The highest BCUT2D eigenvalue weighted by Gasteiger charge is 2.56. The molecule has 0 spiro atoms. The number of hydrogen-bond acceptors (Lipinski definition) is 14. The summed E-state index contributed by atoms with van der Waals surface area (Å²) >= 11 is 7.98. The van der Waals surface area contributed by atoms with Crippen molar-refractivity contribution in [3.8, 4) is 0 Å². The zero-order valence-electron chi connectivity index (χ0n) is 18.5. The molecule has 3 unspecified atom stereocenters. The lowest BCUT2D eigenvalue weighted by atomic mass is 10.00. The van der Waals surface area contributed by atoms with Crippen LogP contribution in [0, 0.1) is 0 Å². The Balaban J connectivity index is 1.52. The number of anilines is 1. The third kappa shape index (κ3) is 4.79. The Hall–Kier alpha value is -1.01. The predicted octanol–water partition coefficient (Wildman–Crippen LogP) is -0.212. The highest BCUT2D eigenvalue weighted by Crippen LogP contribution is 2.60. The Morgan fingerprint density at radius 1 is 1.11 bits per heavy atom. The van der Waals surface area contributed by atoms with Gasteiger partial charge >= 0.3 is 13.6 Å². The summed E-state index contributed by atoms with van der Waals surface area (Å²) in [4.78, 5) is 22.5. The van der Waals surface area contributed by atoms with E-state index in [-0.39, 0.29) is 23.7 Å². The summed E-state index contributed by atoms with van der Waals surface area (Å²) in [5.74, 6) is -0.241. The van der Waals surface area contributed by atoms with E-state index in [9.17, 15) is 24.1 Å². The van der Waals surface area contributed by atoms with E-state index in [1.54, 1.807) is 0 Å². The van der Waals surface area contributed by atoms with E-state index in [2.05, 4.69) is 39.4 Å². The average molecular weight is 587 g/mol. The van der Waals surface area contributed by atoms with Crippen LogP contribution in [0.2, 0.25) is 0 Å². The third-order valence-corrected chi connectivity index (χ3v) is 9.18. The van der Waals surface area contributed by atoms with Crippen LogP contribution in [0.5, 0.6) is 0 Å². The summed E-state index contributed by atoms with van der Waals surface area (Å²) in [6.07, 6.45) is -3.88. The van der Waals surface area contributed by atoms with E-state index in [1.165, 1.54) is 6.92 Å². The summed E-state index contributed by atoms with van der Waals surface area (Å²) in [5.41, 5.74) is 0.993. The average Bonchev–Trinajstić information content (AvgIpc) is 3.41. The van der Waals surface area contributed by atoms with Gasteiger partial charge in [0.05, 0.1) is 32.8 Å². The standard InChI is InChI=1S/C16H23N5O11P2S2/c1-15(23)4-27-7-2-29-34(26,36)32-11-8(3-30-33(25,35)31-10(7)15)28-5-16(11,24)21-6-18-9-12(21)19-14(17)20-13(9)22/h6-8,10-11,23-24H,2-5H2,1H3,(H,25,35)(H,26,36)(H3,17,19,20,22)/t7-,8?,10-,11?,15-,16?,33-,34-/m0/s1. The summed E-state index contributed by atoms with van der Waals surface area (Å²) < 4.78 is 60.1. The van der Waals surface area contributed by atoms with Crippen LogP contribution >= 0.6 is 38.1 Å². The van der Waals surface area contributed by atoms with Crippen molar-refractivity contribution in [1.82, 2.24) is 19.5 Å². The highest BCUT2D eigenvalue weighted by molar-refractivity contribution is 8.44. The number of ether oxygens (including phenoxy) is 2. The van der Waals surface area contributed by atoms with Crippen LogP contribution in [0.25, 0.3) is 11.2 Å². The number of aromatic nitrogens is 4. The second-order valence-electron chi connectivity index (χ2n) is 8.75.